The molecule has 1 aliphatic rings. The van der Waals surface area contributed by atoms with Gasteiger partial charge in [0, 0.05) is 0 Å². The Morgan fingerprint density at radius 3 is 1.07 bits per heavy atom. The Morgan fingerprint density at radius 2 is 0.800 bits per heavy atom. The van der Waals surface area contributed by atoms with Gasteiger partial charge in [-0.3, -0.25) is 0 Å². The second-order valence-electron chi connectivity index (χ2n) is 7.19. The Hall–Kier alpha value is 0. The molecule has 0 aliphatic heterocycles. The zero-order chi connectivity index (χ0) is 12.0. The summed E-state index contributed by atoms with van der Waals surface area (Å²) >= 11 is 0. The highest BCUT2D eigenvalue weighted by atomic mass is 14.5. The quantitative estimate of drug-likeness (QED) is 0.536. The normalized spacial score (nSPS) is 48.0. The van der Waals surface area contributed by atoms with E-state index in [2.05, 4.69) is 55.4 Å². The van der Waals surface area contributed by atoms with Crippen LogP contribution in [0.15, 0.2) is 0 Å². The highest BCUT2D eigenvalue weighted by Gasteiger charge is 2.45. The zero-order valence-corrected chi connectivity index (χ0v) is 12.0. The third-order valence-electron chi connectivity index (χ3n) is 5.45. The summed E-state index contributed by atoms with van der Waals surface area (Å²) in [5.41, 5.74) is 0.460. The molecular weight excluding hydrogens is 180 g/mol. The van der Waals surface area contributed by atoms with Crippen LogP contribution in [-0.4, -0.2) is 0 Å². The Bertz CT molecular complexity index is 195. The summed E-state index contributed by atoms with van der Waals surface area (Å²) in [5.74, 6) is 5.24. The van der Waals surface area contributed by atoms with Gasteiger partial charge in [-0.25, -0.2) is 0 Å². The largest absolute Gasteiger partial charge is 0.0620 e. The molecule has 1 saturated carbocycles. The minimum atomic E-state index is 0.460. The first-order valence-electron chi connectivity index (χ1n) is 6.68. The molecule has 15 heavy (non-hydrogen) atoms. The van der Waals surface area contributed by atoms with Crippen molar-refractivity contribution in [1.82, 2.24) is 0 Å². The van der Waals surface area contributed by atoms with Gasteiger partial charge in [0.25, 0.3) is 0 Å². The number of hydrogen-bond acceptors (Lipinski definition) is 0. The van der Waals surface area contributed by atoms with Crippen LogP contribution in [0.1, 0.15) is 55.4 Å². The van der Waals surface area contributed by atoms with Crippen LogP contribution < -0.4 is 0 Å². The summed E-state index contributed by atoms with van der Waals surface area (Å²) in [6.45, 7) is 19.5. The summed E-state index contributed by atoms with van der Waals surface area (Å²) in [6.07, 6.45) is 0. The van der Waals surface area contributed by atoms with Crippen LogP contribution >= 0.6 is 0 Å². The van der Waals surface area contributed by atoms with Gasteiger partial charge in [-0.15, -0.1) is 0 Å². The molecule has 0 nitrogen and oxygen atoms in total. The molecule has 0 N–H and O–H groups in total. The average Bonchev–Trinajstić information content (AvgIpc) is 2.09. The monoisotopic (exact) mass is 210 g/mol. The summed E-state index contributed by atoms with van der Waals surface area (Å²) < 4.78 is 0. The van der Waals surface area contributed by atoms with E-state index in [4.69, 9.17) is 0 Å². The fourth-order valence-corrected chi connectivity index (χ4v) is 4.15. The fraction of sp³-hybridized carbons (Fsp3) is 1.00. The summed E-state index contributed by atoms with van der Waals surface area (Å²) in [4.78, 5) is 0. The Kier molecular flexibility index (Phi) is 3.58. The van der Waals surface area contributed by atoms with Gasteiger partial charge >= 0.3 is 0 Å². The van der Waals surface area contributed by atoms with Gasteiger partial charge in [-0.2, -0.15) is 0 Å². The molecule has 0 radical (unpaired) electrons. The van der Waals surface area contributed by atoms with Crippen molar-refractivity contribution < 1.29 is 0 Å². The van der Waals surface area contributed by atoms with Crippen molar-refractivity contribution in [3.63, 3.8) is 0 Å². The minimum Gasteiger partial charge on any atom is -0.0620 e. The Balaban J connectivity index is 2.97. The lowest BCUT2D eigenvalue weighted by atomic mass is 9.53. The van der Waals surface area contributed by atoms with Crippen LogP contribution in [0.4, 0.5) is 0 Å². The smallest absolute Gasteiger partial charge is 0.0309 e. The predicted molar refractivity (Wildman–Crippen MR) is 68.8 cm³/mol. The third kappa shape index (κ3) is 2.24. The fourth-order valence-electron chi connectivity index (χ4n) is 4.15. The molecule has 0 aromatic carbocycles. The van der Waals surface area contributed by atoms with Crippen LogP contribution in [-0.2, 0) is 0 Å². The lowest BCUT2D eigenvalue weighted by molar-refractivity contribution is -0.0362. The molecule has 0 bridgehead atoms. The predicted octanol–water partition coefficient (Wildman–Crippen LogP) is 4.84. The van der Waals surface area contributed by atoms with Crippen molar-refractivity contribution >= 4 is 0 Å². The molecule has 0 spiro atoms. The molecule has 0 heteroatoms. The average molecular weight is 210 g/mol. The zero-order valence-electron chi connectivity index (χ0n) is 12.0. The van der Waals surface area contributed by atoms with E-state index in [1.165, 1.54) is 0 Å². The maximum absolute atomic E-state index is 2.47. The molecule has 0 saturated heterocycles. The Morgan fingerprint density at radius 1 is 0.533 bits per heavy atom. The molecule has 4 unspecified atom stereocenters. The number of hydrogen-bond donors (Lipinski definition) is 0. The maximum atomic E-state index is 2.47. The maximum Gasteiger partial charge on any atom is -0.0309 e. The summed E-state index contributed by atoms with van der Waals surface area (Å²) in [7, 11) is 0. The van der Waals surface area contributed by atoms with E-state index in [9.17, 15) is 0 Å². The standard InChI is InChI=1S/C15H30/c1-9-10(2)12(4)14(15(6,7)8)13(5)11(9)3/h9-14H,1-8H3. The van der Waals surface area contributed by atoms with Gasteiger partial charge in [0.05, 0.1) is 0 Å². The lowest BCUT2D eigenvalue weighted by Gasteiger charge is -2.52. The molecule has 0 aromatic heterocycles. The molecule has 0 amide bonds. The second-order valence-corrected chi connectivity index (χ2v) is 7.19. The van der Waals surface area contributed by atoms with Gasteiger partial charge in [-0.1, -0.05) is 55.4 Å². The number of rotatable bonds is 0. The summed E-state index contributed by atoms with van der Waals surface area (Å²) in [6, 6.07) is 0. The van der Waals surface area contributed by atoms with Crippen molar-refractivity contribution in [3.8, 4) is 0 Å². The van der Waals surface area contributed by atoms with Crippen LogP contribution in [0.5, 0.6) is 0 Å². The molecule has 1 fully saturated rings. The lowest BCUT2D eigenvalue weighted by Crippen LogP contribution is -2.46. The highest BCUT2D eigenvalue weighted by Crippen LogP contribution is 2.51. The van der Waals surface area contributed by atoms with Crippen molar-refractivity contribution in [3.05, 3.63) is 0 Å². The first-order chi connectivity index (χ1) is 6.68. The van der Waals surface area contributed by atoms with E-state index in [1.807, 2.05) is 0 Å². The van der Waals surface area contributed by atoms with E-state index < -0.39 is 0 Å². The van der Waals surface area contributed by atoms with Crippen molar-refractivity contribution in [2.45, 2.75) is 55.4 Å². The molecule has 90 valence electrons. The van der Waals surface area contributed by atoms with Crippen LogP contribution in [0.3, 0.4) is 0 Å². The molecular formula is C15H30. The van der Waals surface area contributed by atoms with Crippen LogP contribution in [0, 0.1) is 40.9 Å². The van der Waals surface area contributed by atoms with E-state index in [-0.39, 0.29) is 0 Å². The van der Waals surface area contributed by atoms with Gasteiger partial charge in [0.2, 0.25) is 0 Å². The molecule has 4 atom stereocenters. The van der Waals surface area contributed by atoms with Gasteiger partial charge < -0.3 is 0 Å². The van der Waals surface area contributed by atoms with Gasteiger partial charge in [0.1, 0.15) is 0 Å². The van der Waals surface area contributed by atoms with Crippen LogP contribution in [0.25, 0.3) is 0 Å². The van der Waals surface area contributed by atoms with Crippen LogP contribution in [0.2, 0.25) is 0 Å². The summed E-state index contributed by atoms with van der Waals surface area (Å²) in [5, 5.41) is 0. The van der Waals surface area contributed by atoms with E-state index in [0.717, 1.165) is 35.5 Å². The molecule has 1 rings (SSSR count). The topological polar surface area (TPSA) is 0 Å². The van der Waals surface area contributed by atoms with E-state index in [0.29, 0.717) is 5.41 Å². The first kappa shape index (κ1) is 13.1. The highest BCUT2D eigenvalue weighted by molar-refractivity contribution is 4.93. The second kappa shape index (κ2) is 4.11. The Labute approximate surface area is 96.8 Å². The van der Waals surface area contributed by atoms with E-state index >= 15 is 0 Å². The van der Waals surface area contributed by atoms with E-state index in [1.54, 1.807) is 0 Å². The molecule has 1 aliphatic carbocycles. The first-order valence-corrected chi connectivity index (χ1v) is 6.68. The van der Waals surface area contributed by atoms with Crippen molar-refractivity contribution in [2.75, 3.05) is 0 Å². The SMILES string of the molecule is CC1C(C)C(C)C(C(C)(C)C)C(C)C1C. The molecule has 0 heterocycles. The van der Waals surface area contributed by atoms with Crippen molar-refractivity contribution in [1.29, 1.82) is 0 Å². The minimum absolute atomic E-state index is 0.460. The third-order valence-corrected chi connectivity index (χ3v) is 5.45. The van der Waals surface area contributed by atoms with Gasteiger partial charge in [-0.05, 0) is 40.9 Å². The van der Waals surface area contributed by atoms with Crippen molar-refractivity contribution in [2.24, 2.45) is 40.9 Å². The van der Waals surface area contributed by atoms with Gasteiger partial charge in [0.15, 0.2) is 0 Å². The molecule has 0 aromatic rings.